The summed E-state index contributed by atoms with van der Waals surface area (Å²) in [5.41, 5.74) is 0.435. The van der Waals surface area contributed by atoms with E-state index in [4.69, 9.17) is 16.3 Å². The Morgan fingerprint density at radius 1 is 1.33 bits per heavy atom. The number of phenols is 1. The summed E-state index contributed by atoms with van der Waals surface area (Å²) in [6.07, 6.45) is 1.62. The fourth-order valence-electron chi connectivity index (χ4n) is 2.25. The highest BCUT2D eigenvalue weighted by molar-refractivity contribution is 8.18. The predicted molar refractivity (Wildman–Crippen MR) is 99.8 cm³/mol. The number of amides is 1. The van der Waals surface area contributed by atoms with Crippen molar-refractivity contribution in [2.45, 2.75) is 39.8 Å². The summed E-state index contributed by atoms with van der Waals surface area (Å²) in [5, 5.41) is 11.3. The Morgan fingerprint density at radius 2 is 2.00 bits per heavy atom. The first-order valence-corrected chi connectivity index (χ1v) is 8.81. The molecule has 2 rings (SSSR count). The molecule has 0 unspecified atom stereocenters. The van der Waals surface area contributed by atoms with Gasteiger partial charge in [-0.2, -0.15) is 0 Å². The molecule has 1 aromatic carbocycles. The average Bonchev–Trinajstić information content (AvgIpc) is 2.77. The van der Waals surface area contributed by atoms with E-state index in [1.165, 1.54) is 24.9 Å². The maximum atomic E-state index is 12.7. The molecule has 1 heterocycles. The van der Waals surface area contributed by atoms with Crippen molar-refractivity contribution < 1.29 is 14.6 Å². The van der Waals surface area contributed by atoms with Crippen LogP contribution in [-0.4, -0.2) is 40.3 Å². The molecule has 1 aliphatic rings. The second kappa shape index (κ2) is 7.49. The molecule has 1 aromatic rings. The fourth-order valence-corrected chi connectivity index (χ4v) is 3.69. The maximum absolute atomic E-state index is 12.7. The zero-order chi connectivity index (χ0) is 18.0. The molecule has 0 atom stereocenters. The summed E-state index contributed by atoms with van der Waals surface area (Å²) in [6.45, 7) is 7.81. The summed E-state index contributed by atoms with van der Waals surface area (Å²) in [6, 6.07) is 3.20. The first-order valence-electron chi connectivity index (χ1n) is 7.62. The summed E-state index contributed by atoms with van der Waals surface area (Å²) in [4.78, 5) is 19.4. The number of hydrogen-bond donors (Lipinski definition) is 1. The lowest BCUT2D eigenvalue weighted by Crippen LogP contribution is -2.35. The Bertz CT molecular complexity index is 714. The van der Waals surface area contributed by atoms with Gasteiger partial charge in [0.05, 0.1) is 12.0 Å². The molecule has 0 aromatic heterocycles. The zero-order valence-corrected chi connectivity index (χ0v) is 15.9. The monoisotopic (exact) mass is 368 g/mol. The van der Waals surface area contributed by atoms with Crippen molar-refractivity contribution in [3.05, 3.63) is 27.6 Å². The van der Waals surface area contributed by atoms with E-state index in [9.17, 15) is 9.90 Å². The SMILES string of the molecule is COc1cc(Cl)cc(/C=C2/SC(=NC(C)C)N(C(C)C)C2=O)c1O. The topological polar surface area (TPSA) is 62.1 Å². The molecule has 1 saturated heterocycles. The van der Waals surface area contributed by atoms with E-state index < -0.39 is 0 Å². The number of halogens is 1. The highest BCUT2D eigenvalue weighted by atomic mass is 35.5. The van der Waals surface area contributed by atoms with E-state index in [2.05, 4.69) is 4.99 Å². The van der Waals surface area contributed by atoms with Gasteiger partial charge in [-0.1, -0.05) is 11.6 Å². The van der Waals surface area contributed by atoms with Crippen LogP contribution in [0.15, 0.2) is 22.0 Å². The fraction of sp³-hybridized carbons (Fsp3) is 0.412. The van der Waals surface area contributed by atoms with Crippen LogP contribution >= 0.6 is 23.4 Å². The quantitative estimate of drug-likeness (QED) is 0.811. The Kier molecular flexibility index (Phi) is 5.83. The van der Waals surface area contributed by atoms with E-state index in [1.807, 2.05) is 27.7 Å². The molecule has 5 nitrogen and oxygen atoms in total. The largest absolute Gasteiger partial charge is 0.504 e. The molecule has 0 saturated carbocycles. The van der Waals surface area contributed by atoms with Crippen LogP contribution in [0.3, 0.4) is 0 Å². The van der Waals surface area contributed by atoms with Gasteiger partial charge in [-0.15, -0.1) is 0 Å². The summed E-state index contributed by atoms with van der Waals surface area (Å²) < 4.78 is 5.10. The number of aliphatic imine (C=N–C) groups is 1. The second-order valence-electron chi connectivity index (χ2n) is 5.93. The number of carbonyl (C=O) groups is 1. The third-order valence-electron chi connectivity index (χ3n) is 3.30. The number of ether oxygens (including phenoxy) is 1. The first kappa shape index (κ1) is 18.7. The zero-order valence-electron chi connectivity index (χ0n) is 14.3. The Labute approximate surface area is 151 Å². The van der Waals surface area contributed by atoms with Gasteiger partial charge in [0.25, 0.3) is 5.91 Å². The summed E-state index contributed by atoms with van der Waals surface area (Å²) in [7, 11) is 1.45. The average molecular weight is 369 g/mol. The minimum atomic E-state index is -0.132. The van der Waals surface area contributed by atoms with E-state index in [1.54, 1.807) is 17.0 Å². The van der Waals surface area contributed by atoms with Crippen LogP contribution < -0.4 is 4.74 Å². The predicted octanol–water partition coefficient (Wildman–Crippen LogP) is 4.14. The standard InChI is InChI=1S/C17H21ClN2O3S/c1-9(2)19-17-20(10(3)4)16(22)14(24-17)7-11-6-12(18)8-13(23-5)15(11)21/h6-10,21H,1-5H3/b14-7+,19-17?. The Morgan fingerprint density at radius 3 is 2.54 bits per heavy atom. The second-order valence-corrected chi connectivity index (χ2v) is 7.38. The number of amidine groups is 1. The number of carbonyl (C=O) groups excluding carboxylic acids is 1. The van der Waals surface area contributed by atoms with Crippen LogP contribution in [0.2, 0.25) is 5.02 Å². The maximum Gasteiger partial charge on any atom is 0.266 e. The van der Waals surface area contributed by atoms with Gasteiger partial charge in [-0.25, -0.2) is 0 Å². The number of phenolic OH excluding ortho intramolecular Hbond substituents is 1. The van der Waals surface area contributed by atoms with Crippen molar-refractivity contribution in [2.24, 2.45) is 4.99 Å². The van der Waals surface area contributed by atoms with Crippen LogP contribution in [0.4, 0.5) is 0 Å². The number of hydrogen-bond acceptors (Lipinski definition) is 5. The van der Waals surface area contributed by atoms with Crippen LogP contribution in [0, 0.1) is 0 Å². The summed E-state index contributed by atoms with van der Waals surface area (Å²) in [5.74, 6) is 0.0856. The number of benzene rings is 1. The van der Waals surface area contributed by atoms with E-state index in [0.29, 0.717) is 20.7 Å². The van der Waals surface area contributed by atoms with Gasteiger partial charge in [0.1, 0.15) is 0 Å². The number of thioether (sulfide) groups is 1. The molecule has 24 heavy (non-hydrogen) atoms. The van der Waals surface area contributed by atoms with Crippen molar-refractivity contribution in [1.82, 2.24) is 4.90 Å². The lowest BCUT2D eigenvalue weighted by atomic mass is 10.1. The number of methoxy groups -OCH3 is 1. The van der Waals surface area contributed by atoms with Crippen molar-refractivity contribution in [3.63, 3.8) is 0 Å². The first-order chi connectivity index (χ1) is 11.2. The Hall–Kier alpha value is -1.66. The van der Waals surface area contributed by atoms with E-state index in [0.717, 1.165) is 0 Å². The third kappa shape index (κ3) is 3.87. The van der Waals surface area contributed by atoms with E-state index in [-0.39, 0.29) is 29.5 Å². The van der Waals surface area contributed by atoms with Crippen molar-refractivity contribution >= 4 is 40.5 Å². The van der Waals surface area contributed by atoms with Gasteiger partial charge in [0.2, 0.25) is 0 Å². The van der Waals surface area contributed by atoms with Gasteiger partial charge in [-0.05, 0) is 51.6 Å². The van der Waals surface area contributed by atoms with Gasteiger partial charge in [0.15, 0.2) is 16.7 Å². The van der Waals surface area contributed by atoms with Crippen LogP contribution in [0.5, 0.6) is 11.5 Å². The van der Waals surface area contributed by atoms with Crippen molar-refractivity contribution in [1.29, 1.82) is 0 Å². The van der Waals surface area contributed by atoms with Crippen molar-refractivity contribution in [3.8, 4) is 11.5 Å². The van der Waals surface area contributed by atoms with Crippen LogP contribution in [-0.2, 0) is 4.79 Å². The Balaban J connectivity index is 2.48. The number of rotatable bonds is 4. The van der Waals surface area contributed by atoms with Gasteiger partial charge < -0.3 is 9.84 Å². The lowest BCUT2D eigenvalue weighted by molar-refractivity contribution is -0.123. The van der Waals surface area contributed by atoms with Gasteiger partial charge in [0, 0.05) is 28.7 Å². The molecular formula is C17H21ClN2O3S. The number of aromatic hydroxyl groups is 1. The molecule has 7 heteroatoms. The molecule has 1 aliphatic heterocycles. The molecule has 0 radical (unpaired) electrons. The molecule has 0 bridgehead atoms. The van der Waals surface area contributed by atoms with Crippen LogP contribution in [0.1, 0.15) is 33.3 Å². The third-order valence-corrected chi connectivity index (χ3v) is 4.51. The number of nitrogens with zero attached hydrogens (tertiary/aromatic N) is 2. The van der Waals surface area contributed by atoms with Crippen LogP contribution in [0.25, 0.3) is 6.08 Å². The normalized spacial score (nSPS) is 18.5. The highest BCUT2D eigenvalue weighted by Gasteiger charge is 2.35. The molecule has 0 spiro atoms. The summed E-state index contributed by atoms with van der Waals surface area (Å²) >= 11 is 7.35. The highest BCUT2D eigenvalue weighted by Crippen LogP contribution is 2.39. The van der Waals surface area contributed by atoms with Crippen molar-refractivity contribution in [2.75, 3.05) is 7.11 Å². The minimum absolute atomic E-state index is 0.00380. The minimum Gasteiger partial charge on any atom is -0.504 e. The van der Waals surface area contributed by atoms with E-state index >= 15 is 0 Å². The molecule has 0 aliphatic carbocycles. The smallest absolute Gasteiger partial charge is 0.266 e. The van der Waals surface area contributed by atoms with Gasteiger partial charge >= 0.3 is 0 Å². The molecule has 1 amide bonds. The molecule has 1 fully saturated rings. The molecular weight excluding hydrogens is 348 g/mol. The lowest BCUT2D eigenvalue weighted by Gasteiger charge is -2.20. The molecule has 1 N–H and O–H groups in total. The molecule has 130 valence electrons. The van der Waals surface area contributed by atoms with Gasteiger partial charge in [-0.3, -0.25) is 14.7 Å².